The van der Waals surface area contributed by atoms with Gasteiger partial charge < -0.3 is 20.3 Å². The van der Waals surface area contributed by atoms with E-state index in [0.717, 1.165) is 11.3 Å². The summed E-state index contributed by atoms with van der Waals surface area (Å²) in [6.45, 7) is 0.357. The minimum atomic E-state index is -0.952. The van der Waals surface area contributed by atoms with Gasteiger partial charge in [0.1, 0.15) is 0 Å². The molecule has 1 aromatic heterocycles. The molecular formula is C9H13N3O4S. The van der Waals surface area contributed by atoms with Crippen molar-refractivity contribution in [2.24, 2.45) is 0 Å². The summed E-state index contributed by atoms with van der Waals surface area (Å²) in [5.41, 5.74) is 0.625. The molecule has 0 saturated carbocycles. The molecule has 94 valence electrons. The van der Waals surface area contributed by atoms with Gasteiger partial charge in [-0.05, 0) is 0 Å². The number of rotatable bonds is 5. The summed E-state index contributed by atoms with van der Waals surface area (Å²) < 4.78 is 0. The number of nitrogens with zero attached hydrogens (tertiary/aromatic N) is 1. The van der Waals surface area contributed by atoms with Crippen LogP contribution in [0, 0.1) is 0 Å². The third-order valence-corrected chi connectivity index (χ3v) is 2.73. The minimum absolute atomic E-state index is 0.0980. The van der Waals surface area contributed by atoms with E-state index in [1.807, 2.05) is 0 Å². The molecule has 0 saturated heterocycles. The van der Waals surface area contributed by atoms with Crippen LogP contribution in [0.5, 0.6) is 0 Å². The van der Waals surface area contributed by atoms with Gasteiger partial charge in [0, 0.05) is 24.7 Å². The molecule has 0 unspecified atom stereocenters. The summed E-state index contributed by atoms with van der Waals surface area (Å²) in [6.07, 6.45) is -0.0980. The summed E-state index contributed by atoms with van der Waals surface area (Å²) >= 11 is 1.02. The van der Waals surface area contributed by atoms with E-state index in [0.29, 0.717) is 5.69 Å². The van der Waals surface area contributed by atoms with Crippen molar-refractivity contribution in [3.05, 3.63) is 20.7 Å². The smallest absolute Gasteiger partial charge is 0.317 e. The molecular weight excluding hydrogens is 246 g/mol. The summed E-state index contributed by atoms with van der Waals surface area (Å²) in [6, 6.07) is -0.377. The highest BCUT2D eigenvalue weighted by Crippen LogP contribution is 1.96. The first kappa shape index (κ1) is 13.2. The molecule has 0 aromatic carbocycles. The Morgan fingerprint density at radius 2 is 2.29 bits per heavy atom. The lowest BCUT2D eigenvalue weighted by Gasteiger charge is -2.16. The highest BCUT2D eigenvalue weighted by atomic mass is 32.1. The molecule has 0 spiro atoms. The van der Waals surface area contributed by atoms with E-state index >= 15 is 0 Å². The maximum absolute atomic E-state index is 11.5. The van der Waals surface area contributed by atoms with Crippen molar-refractivity contribution < 1.29 is 14.7 Å². The van der Waals surface area contributed by atoms with Crippen LogP contribution in [0.1, 0.15) is 12.1 Å². The first-order valence-corrected chi connectivity index (χ1v) is 5.74. The second kappa shape index (κ2) is 6.04. The number of aliphatic carboxylic acids is 1. The minimum Gasteiger partial charge on any atom is -0.481 e. The molecule has 0 aliphatic carbocycles. The van der Waals surface area contributed by atoms with Crippen LogP contribution in [0.15, 0.2) is 10.2 Å². The number of thiazole rings is 1. The van der Waals surface area contributed by atoms with Gasteiger partial charge in [0.15, 0.2) is 0 Å². The Kier molecular flexibility index (Phi) is 4.70. The highest BCUT2D eigenvalue weighted by molar-refractivity contribution is 7.07. The number of amides is 2. The van der Waals surface area contributed by atoms with Crippen LogP contribution in [0.3, 0.4) is 0 Å². The number of hydrogen-bond donors (Lipinski definition) is 3. The Morgan fingerprint density at radius 1 is 1.59 bits per heavy atom. The molecule has 3 N–H and O–H groups in total. The summed E-state index contributed by atoms with van der Waals surface area (Å²) in [5.74, 6) is -0.952. The SMILES string of the molecule is CN(CCC(=O)O)C(=O)NCc1csc(=O)[nH]1. The fraction of sp³-hybridized carbons (Fsp3) is 0.444. The molecule has 1 heterocycles. The Bertz CT molecular complexity index is 453. The van der Waals surface area contributed by atoms with Crippen molar-refractivity contribution in [2.45, 2.75) is 13.0 Å². The summed E-state index contributed by atoms with van der Waals surface area (Å²) in [7, 11) is 1.51. The number of carboxylic acid groups (broad SMARTS) is 1. The van der Waals surface area contributed by atoms with Crippen LogP contribution in [0.2, 0.25) is 0 Å². The molecule has 7 nitrogen and oxygen atoms in total. The lowest BCUT2D eigenvalue weighted by molar-refractivity contribution is -0.137. The fourth-order valence-corrected chi connectivity index (χ4v) is 1.65. The predicted molar refractivity (Wildman–Crippen MR) is 62.1 cm³/mol. The zero-order valence-corrected chi connectivity index (χ0v) is 10.0. The summed E-state index contributed by atoms with van der Waals surface area (Å²) in [4.78, 5) is 36.3. The number of carbonyl (C=O) groups is 2. The molecule has 8 heteroatoms. The van der Waals surface area contributed by atoms with E-state index in [9.17, 15) is 14.4 Å². The Hall–Kier alpha value is -1.83. The molecule has 0 bridgehead atoms. The third-order valence-electron chi connectivity index (χ3n) is 2.01. The lowest BCUT2D eigenvalue weighted by Crippen LogP contribution is -2.38. The van der Waals surface area contributed by atoms with Crippen LogP contribution >= 0.6 is 11.3 Å². The number of aromatic amines is 1. The zero-order chi connectivity index (χ0) is 12.8. The second-order valence-electron chi connectivity index (χ2n) is 3.40. The van der Waals surface area contributed by atoms with Gasteiger partial charge in [0.25, 0.3) is 0 Å². The zero-order valence-electron chi connectivity index (χ0n) is 9.23. The lowest BCUT2D eigenvalue weighted by atomic mass is 10.4. The van der Waals surface area contributed by atoms with Gasteiger partial charge in [-0.2, -0.15) is 0 Å². The van der Waals surface area contributed by atoms with Crippen molar-refractivity contribution in [1.82, 2.24) is 15.2 Å². The van der Waals surface area contributed by atoms with Crippen LogP contribution < -0.4 is 10.2 Å². The van der Waals surface area contributed by atoms with E-state index < -0.39 is 5.97 Å². The molecule has 1 aromatic rings. The quantitative estimate of drug-likeness (QED) is 0.695. The Balaban J connectivity index is 2.33. The number of urea groups is 1. The number of carbonyl (C=O) groups excluding carboxylic acids is 1. The molecule has 0 fully saturated rings. The number of nitrogens with one attached hydrogen (secondary N) is 2. The third kappa shape index (κ3) is 4.68. The number of H-pyrrole nitrogens is 1. The number of aromatic nitrogens is 1. The molecule has 2 amide bonds. The number of carboxylic acids is 1. The predicted octanol–water partition coefficient (Wildman–Crippen LogP) is 0.0525. The van der Waals surface area contributed by atoms with Gasteiger partial charge in [-0.25, -0.2) is 4.79 Å². The molecule has 0 radical (unpaired) electrons. The van der Waals surface area contributed by atoms with Gasteiger partial charge in [-0.15, -0.1) is 0 Å². The summed E-state index contributed by atoms with van der Waals surface area (Å²) in [5, 5.41) is 12.6. The second-order valence-corrected chi connectivity index (χ2v) is 4.24. The standard InChI is InChI=1S/C9H13N3O4S/c1-12(3-2-7(13)14)8(15)10-4-6-5-17-9(16)11-6/h5H,2-4H2,1H3,(H,10,15)(H,11,16)(H,13,14). The average Bonchev–Trinajstić information content (AvgIpc) is 2.68. The Morgan fingerprint density at radius 3 is 2.82 bits per heavy atom. The molecule has 0 atom stereocenters. The van der Waals surface area contributed by atoms with Crippen molar-refractivity contribution in [1.29, 1.82) is 0 Å². The van der Waals surface area contributed by atoms with Crippen LogP contribution in [-0.2, 0) is 11.3 Å². The normalized spacial score (nSPS) is 9.94. The van der Waals surface area contributed by atoms with Gasteiger partial charge >= 0.3 is 16.9 Å². The van der Waals surface area contributed by atoms with E-state index in [2.05, 4.69) is 10.3 Å². The maximum atomic E-state index is 11.5. The average molecular weight is 259 g/mol. The van der Waals surface area contributed by atoms with E-state index in [-0.39, 0.29) is 30.4 Å². The van der Waals surface area contributed by atoms with E-state index in [1.165, 1.54) is 11.9 Å². The topological polar surface area (TPSA) is 102 Å². The van der Waals surface area contributed by atoms with Gasteiger partial charge in [-0.3, -0.25) is 9.59 Å². The van der Waals surface area contributed by atoms with E-state index in [4.69, 9.17) is 5.11 Å². The van der Waals surface area contributed by atoms with Crippen LogP contribution in [-0.4, -0.2) is 40.6 Å². The number of hydrogen-bond acceptors (Lipinski definition) is 4. The maximum Gasteiger partial charge on any atom is 0.317 e. The largest absolute Gasteiger partial charge is 0.481 e. The van der Waals surface area contributed by atoms with Crippen molar-refractivity contribution >= 4 is 23.3 Å². The molecule has 1 rings (SSSR count). The van der Waals surface area contributed by atoms with Crippen molar-refractivity contribution in [3.8, 4) is 0 Å². The highest BCUT2D eigenvalue weighted by Gasteiger charge is 2.09. The van der Waals surface area contributed by atoms with Gasteiger partial charge in [0.2, 0.25) is 0 Å². The van der Waals surface area contributed by atoms with Crippen LogP contribution in [0.25, 0.3) is 0 Å². The molecule has 0 aliphatic heterocycles. The Labute approximate surface area is 101 Å². The first-order valence-electron chi connectivity index (χ1n) is 4.86. The first-order chi connectivity index (χ1) is 7.99. The van der Waals surface area contributed by atoms with Crippen molar-refractivity contribution in [2.75, 3.05) is 13.6 Å². The monoisotopic (exact) mass is 259 g/mol. The molecule has 0 aliphatic rings. The van der Waals surface area contributed by atoms with Crippen LogP contribution in [0.4, 0.5) is 4.79 Å². The molecule has 17 heavy (non-hydrogen) atoms. The van der Waals surface area contributed by atoms with Crippen molar-refractivity contribution in [3.63, 3.8) is 0 Å². The van der Waals surface area contributed by atoms with Gasteiger partial charge in [0.05, 0.1) is 13.0 Å². The fourth-order valence-electron chi connectivity index (χ4n) is 1.07. The van der Waals surface area contributed by atoms with Gasteiger partial charge in [-0.1, -0.05) is 11.3 Å². The van der Waals surface area contributed by atoms with E-state index in [1.54, 1.807) is 5.38 Å².